The van der Waals surface area contributed by atoms with Crippen molar-refractivity contribution in [2.24, 2.45) is 0 Å². The van der Waals surface area contributed by atoms with Gasteiger partial charge in [-0.05, 0) is 67.9 Å². The summed E-state index contributed by atoms with van der Waals surface area (Å²) in [6, 6.07) is 31.1. The molecule has 4 aromatic carbocycles. The van der Waals surface area contributed by atoms with Crippen molar-refractivity contribution in [1.29, 1.82) is 0 Å². The molecule has 1 N–H and O–H groups in total. The SMILES string of the molecule is CCOc1ccccc1N(CC(=O)Nc1ccc(CSc2ccccc2)cc1)S(=O)(=O)c1ccc(C)cc1. The summed E-state index contributed by atoms with van der Waals surface area (Å²) in [5.74, 6) is 0.729. The van der Waals surface area contributed by atoms with Crippen molar-refractivity contribution in [2.45, 2.75) is 29.4 Å². The molecule has 0 fully saturated rings. The van der Waals surface area contributed by atoms with Crippen LogP contribution in [0.2, 0.25) is 0 Å². The van der Waals surface area contributed by atoms with Crippen LogP contribution < -0.4 is 14.4 Å². The van der Waals surface area contributed by atoms with E-state index in [4.69, 9.17) is 4.74 Å². The lowest BCUT2D eigenvalue weighted by molar-refractivity contribution is -0.114. The molecule has 4 rings (SSSR count). The van der Waals surface area contributed by atoms with Gasteiger partial charge in [-0.15, -0.1) is 11.8 Å². The Balaban J connectivity index is 1.52. The van der Waals surface area contributed by atoms with Crippen LogP contribution >= 0.6 is 11.8 Å². The van der Waals surface area contributed by atoms with Gasteiger partial charge in [0.25, 0.3) is 10.0 Å². The van der Waals surface area contributed by atoms with E-state index in [1.807, 2.05) is 56.3 Å². The molecule has 0 saturated heterocycles. The lowest BCUT2D eigenvalue weighted by Crippen LogP contribution is -2.38. The second-order valence-corrected chi connectivity index (χ2v) is 11.5. The van der Waals surface area contributed by atoms with Crippen LogP contribution in [-0.4, -0.2) is 27.5 Å². The molecule has 0 aromatic heterocycles. The van der Waals surface area contributed by atoms with Crippen molar-refractivity contribution >= 4 is 39.1 Å². The lowest BCUT2D eigenvalue weighted by Gasteiger charge is -2.26. The van der Waals surface area contributed by atoms with Crippen LogP contribution in [0.15, 0.2) is 113 Å². The first kappa shape index (κ1) is 27.3. The summed E-state index contributed by atoms with van der Waals surface area (Å²) in [5, 5.41) is 2.83. The van der Waals surface area contributed by atoms with E-state index in [9.17, 15) is 13.2 Å². The van der Waals surface area contributed by atoms with E-state index >= 15 is 0 Å². The van der Waals surface area contributed by atoms with Gasteiger partial charge in [0.2, 0.25) is 5.91 Å². The molecule has 1 amide bonds. The van der Waals surface area contributed by atoms with Crippen molar-refractivity contribution in [2.75, 3.05) is 22.8 Å². The number of nitrogens with zero attached hydrogens (tertiary/aromatic N) is 1. The zero-order chi connectivity index (χ0) is 27.0. The second-order valence-electron chi connectivity index (χ2n) is 8.57. The van der Waals surface area contributed by atoms with Crippen LogP contribution in [0.3, 0.4) is 0 Å². The molecule has 8 heteroatoms. The number of carbonyl (C=O) groups excluding carboxylic acids is 1. The van der Waals surface area contributed by atoms with Crippen molar-refractivity contribution in [3.05, 3.63) is 114 Å². The number of sulfonamides is 1. The number of para-hydroxylation sites is 2. The highest BCUT2D eigenvalue weighted by atomic mass is 32.2. The molecule has 0 atom stereocenters. The highest BCUT2D eigenvalue weighted by Crippen LogP contribution is 2.32. The van der Waals surface area contributed by atoms with Crippen molar-refractivity contribution < 1.29 is 17.9 Å². The predicted molar refractivity (Wildman–Crippen MR) is 154 cm³/mol. The van der Waals surface area contributed by atoms with Gasteiger partial charge in [0.1, 0.15) is 12.3 Å². The summed E-state index contributed by atoms with van der Waals surface area (Å²) < 4.78 is 34.2. The molecule has 6 nitrogen and oxygen atoms in total. The van der Waals surface area contributed by atoms with Gasteiger partial charge in [0.05, 0.1) is 17.2 Å². The van der Waals surface area contributed by atoms with Gasteiger partial charge in [-0.25, -0.2) is 8.42 Å². The molecular formula is C30H30N2O4S2. The van der Waals surface area contributed by atoms with Crippen LogP contribution in [0.25, 0.3) is 0 Å². The fourth-order valence-corrected chi connectivity index (χ4v) is 6.08. The summed E-state index contributed by atoms with van der Waals surface area (Å²) in [6.45, 7) is 3.66. The standard InChI is InChI=1S/C30H30N2O4S2/c1-3-36-29-12-8-7-11-28(29)32(38(34,35)27-19-13-23(2)14-20-27)21-30(33)31-25-17-15-24(16-18-25)22-37-26-9-5-4-6-10-26/h4-20H,3,21-22H2,1-2H3,(H,31,33). The number of aryl methyl sites for hydroxylation is 1. The average Bonchev–Trinajstić information content (AvgIpc) is 2.93. The molecule has 0 saturated carbocycles. The van der Waals surface area contributed by atoms with Gasteiger partial charge in [-0.3, -0.25) is 9.10 Å². The number of hydrogen-bond acceptors (Lipinski definition) is 5. The Bertz CT molecular complexity index is 1460. The normalized spacial score (nSPS) is 11.1. The number of hydrogen-bond donors (Lipinski definition) is 1. The van der Waals surface area contributed by atoms with Gasteiger partial charge in [-0.1, -0.05) is 60.2 Å². The van der Waals surface area contributed by atoms with E-state index < -0.39 is 22.5 Å². The largest absolute Gasteiger partial charge is 0.492 e. The molecular weight excluding hydrogens is 516 g/mol. The number of amides is 1. The maximum Gasteiger partial charge on any atom is 0.264 e. The molecule has 0 radical (unpaired) electrons. The second kappa shape index (κ2) is 12.7. The molecule has 196 valence electrons. The van der Waals surface area contributed by atoms with Crippen LogP contribution in [-0.2, 0) is 20.6 Å². The molecule has 0 heterocycles. The highest BCUT2D eigenvalue weighted by Gasteiger charge is 2.29. The summed E-state index contributed by atoms with van der Waals surface area (Å²) in [5.41, 5.74) is 2.95. The third kappa shape index (κ3) is 6.96. The van der Waals surface area contributed by atoms with Crippen LogP contribution in [0, 0.1) is 6.92 Å². The molecule has 4 aromatic rings. The fourth-order valence-electron chi connectivity index (χ4n) is 3.78. The molecule has 0 aliphatic heterocycles. The quantitative estimate of drug-likeness (QED) is 0.217. The van der Waals surface area contributed by atoms with Gasteiger partial charge in [-0.2, -0.15) is 0 Å². The van der Waals surface area contributed by atoms with E-state index in [-0.39, 0.29) is 4.90 Å². The van der Waals surface area contributed by atoms with Crippen molar-refractivity contribution in [3.63, 3.8) is 0 Å². The number of ether oxygens (including phenoxy) is 1. The van der Waals surface area contributed by atoms with Gasteiger partial charge >= 0.3 is 0 Å². The molecule has 0 unspecified atom stereocenters. The Morgan fingerprint density at radius 1 is 0.868 bits per heavy atom. The minimum atomic E-state index is -4.05. The number of nitrogens with one attached hydrogen (secondary N) is 1. The highest BCUT2D eigenvalue weighted by molar-refractivity contribution is 7.98. The predicted octanol–water partition coefficient (Wildman–Crippen LogP) is 6.52. The van der Waals surface area contributed by atoms with E-state index in [1.165, 1.54) is 4.90 Å². The van der Waals surface area contributed by atoms with Gasteiger partial charge in [0, 0.05) is 16.3 Å². The zero-order valence-corrected chi connectivity index (χ0v) is 23.0. The number of rotatable bonds is 11. The van der Waals surface area contributed by atoms with Gasteiger partial charge in [0.15, 0.2) is 0 Å². The van der Waals surface area contributed by atoms with E-state index in [0.29, 0.717) is 23.7 Å². The van der Waals surface area contributed by atoms with Gasteiger partial charge < -0.3 is 10.1 Å². The van der Waals surface area contributed by atoms with Crippen LogP contribution in [0.4, 0.5) is 11.4 Å². The van der Waals surface area contributed by atoms with Crippen molar-refractivity contribution in [1.82, 2.24) is 0 Å². The molecule has 0 aliphatic carbocycles. The monoisotopic (exact) mass is 546 g/mol. The van der Waals surface area contributed by atoms with E-state index in [1.54, 1.807) is 60.3 Å². The minimum absolute atomic E-state index is 0.0995. The summed E-state index contributed by atoms with van der Waals surface area (Å²) in [4.78, 5) is 14.4. The number of anilines is 2. The number of benzene rings is 4. The Labute approximate surface area is 228 Å². The lowest BCUT2D eigenvalue weighted by atomic mass is 10.2. The summed E-state index contributed by atoms with van der Waals surface area (Å²) >= 11 is 1.73. The first-order valence-corrected chi connectivity index (χ1v) is 14.7. The smallest absolute Gasteiger partial charge is 0.264 e. The number of thioether (sulfide) groups is 1. The third-order valence-electron chi connectivity index (χ3n) is 5.72. The molecule has 0 aliphatic rings. The Kier molecular flexibility index (Phi) is 9.10. The van der Waals surface area contributed by atoms with E-state index in [2.05, 4.69) is 17.4 Å². The minimum Gasteiger partial charge on any atom is -0.492 e. The fraction of sp³-hybridized carbons (Fsp3) is 0.167. The van der Waals surface area contributed by atoms with Crippen LogP contribution in [0.5, 0.6) is 5.75 Å². The van der Waals surface area contributed by atoms with Crippen LogP contribution in [0.1, 0.15) is 18.1 Å². The topological polar surface area (TPSA) is 75.7 Å². The third-order valence-corrected chi connectivity index (χ3v) is 8.57. The average molecular weight is 547 g/mol. The summed E-state index contributed by atoms with van der Waals surface area (Å²) in [6.07, 6.45) is 0. The Morgan fingerprint density at radius 2 is 1.53 bits per heavy atom. The molecule has 0 spiro atoms. The van der Waals surface area contributed by atoms with Crippen molar-refractivity contribution in [3.8, 4) is 5.75 Å². The maximum absolute atomic E-state index is 13.7. The first-order valence-electron chi connectivity index (χ1n) is 12.2. The summed E-state index contributed by atoms with van der Waals surface area (Å²) in [7, 11) is -4.05. The Hall–Kier alpha value is -3.75. The first-order chi connectivity index (χ1) is 18.4. The Morgan fingerprint density at radius 3 is 2.21 bits per heavy atom. The van der Waals surface area contributed by atoms with E-state index in [0.717, 1.165) is 21.2 Å². The maximum atomic E-state index is 13.7. The number of carbonyl (C=O) groups is 1. The zero-order valence-electron chi connectivity index (χ0n) is 21.3. The molecule has 38 heavy (non-hydrogen) atoms. The molecule has 0 bridgehead atoms.